The third-order valence-corrected chi connectivity index (χ3v) is 14.3. The third-order valence-electron chi connectivity index (χ3n) is 14.3. The summed E-state index contributed by atoms with van der Waals surface area (Å²) in [5.41, 5.74) is 0. The number of esters is 1. The van der Waals surface area contributed by atoms with Crippen LogP contribution in [0.3, 0.4) is 0 Å². The van der Waals surface area contributed by atoms with E-state index in [-0.39, 0.29) is 24.9 Å². The van der Waals surface area contributed by atoms with Gasteiger partial charge in [-0.3, -0.25) is 9.59 Å². The van der Waals surface area contributed by atoms with Gasteiger partial charge < -0.3 is 20.3 Å². The normalized spacial score (nSPS) is 13.2. The molecule has 0 radical (unpaired) electrons. The number of allylic oxidation sites excluding steroid dienone is 4. The molecule has 0 aromatic carbocycles. The first-order valence-corrected chi connectivity index (χ1v) is 30.6. The molecular formula is C62H119NO5. The van der Waals surface area contributed by atoms with E-state index in [9.17, 15) is 19.8 Å². The number of hydrogen-bond donors (Lipinski definition) is 3. The number of aliphatic hydroxyl groups is 2. The van der Waals surface area contributed by atoms with Crippen LogP contribution < -0.4 is 5.32 Å². The molecule has 0 aromatic heterocycles. The minimum absolute atomic E-state index is 0.0785. The van der Waals surface area contributed by atoms with Gasteiger partial charge in [0.1, 0.15) is 6.10 Å². The quantitative estimate of drug-likeness (QED) is 0.0321. The first-order valence-electron chi connectivity index (χ1n) is 30.6. The zero-order chi connectivity index (χ0) is 49.5. The van der Waals surface area contributed by atoms with Crippen LogP contribution in [0.5, 0.6) is 0 Å². The predicted octanol–water partition coefficient (Wildman–Crippen LogP) is 19.0. The van der Waals surface area contributed by atoms with Gasteiger partial charge in [-0.05, 0) is 57.8 Å². The molecule has 6 nitrogen and oxygen atoms in total. The van der Waals surface area contributed by atoms with Crippen LogP contribution in [0.15, 0.2) is 24.3 Å². The fourth-order valence-electron chi connectivity index (χ4n) is 9.64. The lowest BCUT2D eigenvalue weighted by Gasteiger charge is -2.24. The molecule has 3 unspecified atom stereocenters. The molecule has 0 aromatic rings. The molecule has 0 saturated carbocycles. The molecule has 0 aliphatic carbocycles. The molecule has 0 saturated heterocycles. The summed E-state index contributed by atoms with van der Waals surface area (Å²) < 4.78 is 5.98. The summed E-state index contributed by atoms with van der Waals surface area (Å²) in [7, 11) is 0. The van der Waals surface area contributed by atoms with Crippen LogP contribution in [0.1, 0.15) is 335 Å². The molecule has 0 aliphatic rings. The van der Waals surface area contributed by atoms with Gasteiger partial charge in [-0.25, -0.2) is 0 Å². The van der Waals surface area contributed by atoms with Crippen LogP contribution in [-0.4, -0.2) is 46.9 Å². The lowest BCUT2D eigenvalue weighted by atomic mass is 10.0. The van der Waals surface area contributed by atoms with E-state index in [2.05, 4.69) is 50.4 Å². The highest BCUT2D eigenvalue weighted by atomic mass is 16.5. The molecule has 1 amide bonds. The molecule has 0 aliphatic heterocycles. The number of aliphatic hydroxyl groups excluding tert-OH is 2. The number of rotatable bonds is 56. The molecule has 0 fully saturated rings. The maximum absolute atomic E-state index is 13.3. The summed E-state index contributed by atoms with van der Waals surface area (Å²) in [6.07, 6.45) is 66.7. The SMILES string of the molecule is CCCCC/C=C\C/C=C\CCCCCCCCCC(CC(=O)NC(CO)C(O)CCCCCCCCCCCCCCCCCC)OC(=O)CCCCCCCCCCCCCCCCCC. The molecule has 0 bridgehead atoms. The second-order valence-electron chi connectivity index (χ2n) is 21.1. The summed E-state index contributed by atoms with van der Waals surface area (Å²) in [5, 5.41) is 23.9. The van der Waals surface area contributed by atoms with Crippen molar-refractivity contribution in [2.45, 2.75) is 354 Å². The van der Waals surface area contributed by atoms with Gasteiger partial charge in [0.15, 0.2) is 0 Å². The third kappa shape index (κ3) is 50.7. The molecule has 3 N–H and O–H groups in total. The standard InChI is InChI=1S/C62H119NO5/c1-4-7-10-13-16-19-22-25-28-31-32-35-38-41-44-47-50-53-58(68-62(67)55-52-49-46-43-40-37-34-30-27-24-21-18-15-12-9-6-3)56-61(66)63-59(57-64)60(65)54-51-48-45-42-39-36-33-29-26-23-20-17-14-11-8-5-2/h16,19,25,28,58-60,64-65H,4-15,17-18,20-24,26-27,29-57H2,1-3H3,(H,63,66)/b19-16-,28-25-. The van der Waals surface area contributed by atoms with E-state index in [1.807, 2.05) is 0 Å². The van der Waals surface area contributed by atoms with Gasteiger partial charge in [-0.15, -0.1) is 0 Å². The Morgan fingerprint density at radius 2 is 0.750 bits per heavy atom. The van der Waals surface area contributed by atoms with Crippen molar-refractivity contribution in [3.05, 3.63) is 24.3 Å². The van der Waals surface area contributed by atoms with Crippen molar-refractivity contribution in [1.29, 1.82) is 0 Å². The first-order chi connectivity index (χ1) is 33.5. The summed E-state index contributed by atoms with van der Waals surface area (Å²) in [6, 6.07) is -0.701. The Labute approximate surface area is 424 Å². The van der Waals surface area contributed by atoms with Crippen LogP contribution in [0.2, 0.25) is 0 Å². The zero-order valence-electron chi connectivity index (χ0n) is 46.0. The van der Waals surface area contributed by atoms with E-state index in [0.29, 0.717) is 19.3 Å². The van der Waals surface area contributed by atoms with Crippen molar-refractivity contribution in [3.8, 4) is 0 Å². The number of carbonyl (C=O) groups is 2. The number of nitrogens with one attached hydrogen (secondary N) is 1. The van der Waals surface area contributed by atoms with E-state index >= 15 is 0 Å². The van der Waals surface area contributed by atoms with E-state index < -0.39 is 18.2 Å². The Bertz CT molecular complexity index is 1080. The molecule has 402 valence electrons. The molecule has 6 heteroatoms. The highest BCUT2D eigenvalue weighted by Crippen LogP contribution is 2.19. The van der Waals surface area contributed by atoms with Crippen LogP contribution in [0.4, 0.5) is 0 Å². The van der Waals surface area contributed by atoms with Gasteiger partial charge in [0.05, 0.1) is 25.2 Å². The minimum atomic E-state index is -0.787. The fraction of sp³-hybridized carbons (Fsp3) is 0.903. The van der Waals surface area contributed by atoms with E-state index in [0.717, 1.165) is 64.2 Å². The molecular weight excluding hydrogens is 839 g/mol. The van der Waals surface area contributed by atoms with E-state index in [1.165, 1.54) is 225 Å². The largest absolute Gasteiger partial charge is 0.462 e. The average molecular weight is 959 g/mol. The van der Waals surface area contributed by atoms with Crippen LogP contribution in [0, 0.1) is 0 Å². The van der Waals surface area contributed by atoms with Crippen LogP contribution >= 0.6 is 0 Å². The van der Waals surface area contributed by atoms with Crippen molar-refractivity contribution in [3.63, 3.8) is 0 Å². The monoisotopic (exact) mass is 958 g/mol. The Kier molecular flexibility index (Phi) is 54.9. The number of amides is 1. The van der Waals surface area contributed by atoms with Gasteiger partial charge in [0.2, 0.25) is 5.91 Å². The lowest BCUT2D eigenvalue weighted by Crippen LogP contribution is -2.46. The number of ether oxygens (including phenoxy) is 1. The predicted molar refractivity (Wildman–Crippen MR) is 296 cm³/mol. The van der Waals surface area contributed by atoms with Gasteiger partial charge in [0.25, 0.3) is 0 Å². The van der Waals surface area contributed by atoms with E-state index in [1.54, 1.807) is 0 Å². The first kappa shape index (κ1) is 66.3. The second kappa shape index (κ2) is 56.3. The van der Waals surface area contributed by atoms with Crippen LogP contribution in [0.25, 0.3) is 0 Å². The Hall–Kier alpha value is -1.66. The molecule has 3 atom stereocenters. The van der Waals surface area contributed by atoms with Crippen molar-refractivity contribution in [2.75, 3.05) is 6.61 Å². The molecule has 68 heavy (non-hydrogen) atoms. The van der Waals surface area contributed by atoms with Crippen molar-refractivity contribution in [1.82, 2.24) is 5.32 Å². The minimum Gasteiger partial charge on any atom is -0.462 e. The Balaban J connectivity index is 4.52. The molecule has 0 rings (SSSR count). The van der Waals surface area contributed by atoms with Gasteiger partial charge in [-0.2, -0.15) is 0 Å². The van der Waals surface area contributed by atoms with E-state index in [4.69, 9.17) is 4.74 Å². The molecule has 0 heterocycles. The fourth-order valence-corrected chi connectivity index (χ4v) is 9.64. The number of hydrogen-bond acceptors (Lipinski definition) is 5. The summed E-state index contributed by atoms with van der Waals surface area (Å²) >= 11 is 0. The van der Waals surface area contributed by atoms with Gasteiger partial charge in [-0.1, -0.05) is 289 Å². The lowest BCUT2D eigenvalue weighted by molar-refractivity contribution is -0.151. The highest BCUT2D eigenvalue weighted by molar-refractivity contribution is 5.77. The number of unbranched alkanes of at least 4 members (excludes halogenated alkanes) is 40. The maximum Gasteiger partial charge on any atom is 0.306 e. The van der Waals surface area contributed by atoms with Crippen molar-refractivity contribution < 1.29 is 24.5 Å². The van der Waals surface area contributed by atoms with Crippen LogP contribution in [-0.2, 0) is 14.3 Å². The van der Waals surface area contributed by atoms with Crippen molar-refractivity contribution >= 4 is 11.9 Å². The Morgan fingerprint density at radius 1 is 0.426 bits per heavy atom. The molecule has 0 spiro atoms. The zero-order valence-corrected chi connectivity index (χ0v) is 46.0. The average Bonchev–Trinajstić information content (AvgIpc) is 3.33. The van der Waals surface area contributed by atoms with Gasteiger partial charge >= 0.3 is 5.97 Å². The number of carbonyl (C=O) groups excluding carboxylic acids is 2. The smallest absolute Gasteiger partial charge is 0.306 e. The van der Waals surface area contributed by atoms with Gasteiger partial charge in [0, 0.05) is 6.42 Å². The summed E-state index contributed by atoms with van der Waals surface area (Å²) in [4.78, 5) is 26.3. The second-order valence-corrected chi connectivity index (χ2v) is 21.1. The summed E-state index contributed by atoms with van der Waals surface area (Å²) in [6.45, 7) is 6.51. The summed E-state index contributed by atoms with van der Waals surface area (Å²) in [5.74, 6) is -0.459. The topological polar surface area (TPSA) is 95.9 Å². The highest BCUT2D eigenvalue weighted by Gasteiger charge is 2.24. The maximum atomic E-state index is 13.3. The Morgan fingerprint density at radius 3 is 1.15 bits per heavy atom. The van der Waals surface area contributed by atoms with Crippen molar-refractivity contribution in [2.24, 2.45) is 0 Å².